The molecule has 0 bridgehead atoms. The fraction of sp³-hybridized carbons (Fsp3) is 0.259. The van der Waals surface area contributed by atoms with Crippen molar-refractivity contribution >= 4 is 11.5 Å². The van der Waals surface area contributed by atoms with Crippen molar-refractivity contribution in [3.63, 3.8) is 0 Å². The van der Waals surface area contributed by atoms with Gasteiger partial charge in [0.25, 0.3) is 5.69 Å². The Morgan fingerprint density at radius 1 is 1.09 bits per heavy atom. The van der Waals surface area contributed by atoms with Gasteiger partial charge < -0.3 is 4.74 Å². The first-order valence-corrected chi connectivity index (χ1v) is 11.2. The van der Waals surface area contributed by atoms with Gasteiger partial charge in [0.05, 0.1) is 28.2 Å². The minimum Gasteiger partial charge on any atom is -0.490 e. The van der Waals surface area contributed by atoms with E-state index in [0.29, 0.717) is 30.8 Å². The van der Waals surface area contributed by atoms with Gasteiger partial charge in [0, 0.05) is 25.1 Å². The number of ketones is 1. The molecule has 172 valence electrons. The van der Waals surface area contributed by atoms with E-state index in [1.54, 1.807) is 36.4 Å². The molecule has 0 aromatic heterocycles. The van der Waals surface area contributed by atoms with Crippen LogP contribution >= 0.6 is 0 Å². The summed E-state index contributed by atoms with van der Waals surface area (Å²) >= 11 is 0. The largest absolute Gasteiger partial charge is 0.490 e. The highest BCUT2D eigenvalue weighted by Gasteiger charge is 2.36. The molecule has 1 fully saturated rings. The molecule has 7 nitrogen and oxygen atoms in total. The van der Waals surface area contributed by atoms with Crippen LogP contribution in [0.5, 0.6) is 5.75 Å². The quantitative estimate of drug-likeness (QED) is 0.283. The minimum atomic E-state index is -0.511. The smallest absolute Gasteiger partial charge is 0.280 e. The van der Waals surface area contributed by atoms with E-state index in [-0.39, 0.29) is 29.1 Å². The Balaban J connectivity index is 1.56. The highest BCUT2D eigenvalue weighted by Crippen LogP contribution is 2.33. The Labute approximate surface area is 198 Å². The van der Waals surface area contributed by atoms with E-state index in [2.05, 4.69) is 23.1 Å². The number of likely N-dealkylation sites (tertiary alicyclic amines) is 1. The number of nitro benzene ring substituents is 1. The molecule has 3 aromatic rings. The zero-order chi connectivity index (χ0) is 24.1. The summed E-state index contributed by atoms with van der Waals surface area (Å²) in [6, 6.07) is 24.8. The number of ether oxygens (including phenoxy) is 1. The predicted octanol–water partition coefficient (Wildman–Crippen LogP) is 4.97. The first kappa shape index (κ1) is 23.1. The van der Waals surface area contributed by atoms with Gasteiger partial charge in [-0.2, -0.15) is 5.26 Å². The number of nitro groups is 1. The van der Waals surface area contributed by atoms with Gasteiger partial charge in [-0.05, 0) is 49.2 Å². The molecule has 1 saturated heterocycles. The number of para-hydroxylation sites is 1. The van der Waals surface area contributed by atoms with Crippen LogP contribution in [0.2, 0.25) is 0 Å². The van der Waals surface area contributed by atoms with Crippen molar-refractivity contribution < 1.29 is 14.5 Å². The second-order valence-corrected chi connectivity index (χ2v) is 8.41. The fourth-order valence-electron chi connectivity index (χ4n) is 4.48. The van der Waals surface area contributed by atoms with E-state index < -0.39 is 11.0 Å². The maximum atomic E-state index is 13.2. The van der Waals surface area contributed by atoms with Gasteiger partial charge in [0.2, 0.25) is 0 Å². The Kier molecular flexibility index (Phi) is 7.00. The summed E-state index contributed by atoms with van der Waals surface area (Å²) in [6.45, 7) is 3.01. The third-order valence-electron chi connectivity index (χ3n) is 6.37. The van der Waals surface area contributed by atoms with Crippen molar-refractivity contribution in [2.45, 2.75) is 31.4 Å². The van der Waals surface area contributed by atoms with Gasteiger partial charge in [0.1, 0.15) is 11.9 Å². The van der Waals surface area contributed by atoms with Crippen LogP contribution in [0.4, 0.5) is 5.69 Å². The van der Waals surface area contributed by atoms with Crippen molar-refractivity contribution in [2.75, 3.05) is 13.1 Å². The number of Topliss-reactive ketones (excluding diaryl/α,β-unsaturated/α-hetero) is 1. The van der Waals surface area contributed by atoms with E-state index in [1.807, 2.05) is 25.1 Å². The lowest BCUT2D eigenvalue weighted by Crippen LogP contribution is -2.50. The van der Waals surface area contributed by atoms with Crippen molar-refractivity contribution in [3.05, 3.63) is 106 Å². The summed E-state index contributed by atoms with van der Waals surface area (Å²) in [5.74, 6) is 0.444. The van der Waals surface area contributed by atoms with Crippen LogP contribution in [0.15, 0.2) is 78.9 Å². The zero-order valence-electron chi connectivity index (χ0n) is 18.8. The van der Waals surface area contributed by atoms with Gasteiger partial charge in [-0.25, -0.2) is 0 Å². The number of benzene rings is 3. The zero-order valence-corrected chi connectivity index (χ0v) is 18.8. The number of nitriles is 1. The van der Waals surface area contributed by atoms with Crippen molar-refractivity contribution in [3.8, 4) is 11.8 Å². The van der Waals surface area contributed by atoms with Gasteiger partial charge >= 0.3 is 0 Å². The molecule has 4 rings (SSSR count). The summed E-state index contributed by atoms with van der Waals surface area (Å²) in [4.78, 5) is 26.2. The van der Waals surface area contributed by atoms with Crippen LogP contribution in [-0.2, 0) is 0 Å². The van der Waals surface area contributed by atoms with Gasteiger partial charge in [0.15, 0.2) is 5.78 Å². The second kappa shape index (κ2) is 10.3. The number of carbonyl (C=O) groups is 1. The van der Waals surface area contributed by atoms with E-state index in [9.17, 15) is 14.9 Å². The summed E-state index contributed by atoms with van der Waals surface area (Å²) < 4.78 is 6.34. The molecule has 0 aliphatic carbocycles. The Bertz CT molecular complexity index is 1200. The van der Waals surface area contributed by atoms with E-state index in [1.165, 1.54) is 12.1 Å². The third kappa shape index (κ3) is 4.98. The molecule has 0 saturated carbocycles. The molecule has 0 radical (unpaired) electrons. The number of nitrogens with zero attached hydrogens (tertiary/aromatic N) is 3. The van der Waals surface area contributed by atoms with Crippen molar-refractivity contribution in [1.82, 2.24) is 4.90 Å². The summed E-state index contributed by atoms with van der Waals surface area (Å²) in [7, 11) is 0. The van der Waals surface area contributed by atoms with Crippen LogP contribution in [0, 0.1) is 21.4 Å². The first-order valence-electron chi connectivity index (χ1n) is 11.2. The maximum Gasteiger partial charge on any atom is 0.280 e. The van der Waals surface area contributed by atoms with Crippen molar-refractivity contribution in [2.24, 2.45) is 0 Å². The molecule has 1 heterocycles. The van der Waals surface area contributed by atoms with Crippen molar-refractivity contribution in [1.29, 1.82) is 5.26 Å². The fourth-order valence-corrected chi connectivity index (χ4v) is 4.48. The van der Waals surface area contributed by atoms with Gasteiger partial charge in [-0.3, -0.25) is 19.8 Å². The molecule has 1 unspecified atom stereocenters. The molecule has 0 N–H and O–H groups in total. The normalized spacial score (nSPS) is 19.1. The molecule has 7 heteroatoms. The SMILES string of the molecule is CC(C(=O)c1ccccc1[N+](=O)[O-])N1CC[C@H](Oc2ccc(C#N)cc2)[C@H](c2ccccc2)C1. The van der Waals surface area contributed by atoms with Crippen LogP contribution in [0.3, 0.4) is 0 Å². The molecule has 0 spiro atoms. The van der Waals surface area contributed by atoms with Crippen LogP contribution in [0.1, 0.15) is 40.7 Å². The molecule has 1 aliphatic heterocycles. The molecule has 0 amide bonds. The first-order chi connectivity index (χ1) is 16.5. The third-order valence-corrected chi connectivity index (χ3v) is 6.37. The minimum absolute atomic E-state index is 0.00611. The van der Waals surface area contributed by atoms with E-state index in [0.717, 1.165) is 5.56 Å². The molecule has 34 heavy (non-hydrogen) atoms. The number of rotatable bonds is 7. The number of hydrogen-bond donors (Lipinski definition) is 0. The number of hydrogen-bond acceptors (Lipinski definition) is 6. The molecule has 1 aliphatic rings. The number of piperidine rings is 1. The topological polar surface area (TPSA) is 96.5 Å². The van der Waals surface area contributed by atoms with Gasteiger partial charge in [-0.1, -0.05) is 42.5 Å². The Hall–Kier alpha value is -4.02. The average Bonchev–Trinajstić information content (AvgIpc) is 2.89. The molecular weight excluding hydrogens is 430 g/mol. The monoisotopic (exact) mass is 455 g/mol. The Morgan fingerprint density at radius 3 is 2.44 bits per heavy atom. The lowest BCUT2D eigenvalue weighted by Gasteiger charge is -2.41. The predicted molar refractivity (Wildman–Crippen MR) is 128 cm³/mol. The molecular formula is C27H25N3O4. The summed E-state index contributed by atoms with van der Waals surface area (Å²) in [6.07, 6.45) is 0.577. The standard InChI is InChI=1S/C27H25N3O4/c1-19(27(31)23-9-5-6-10-25(23)30(32)33)29-16-15-26(24(18-29)21-7-3-2-4-8-21)34-22-13-11-20(17-28)12-14-22/h2-14,19,24,26H,15-16,18H2,1H3/t19?,24-,26-/m0/s1. The highest BCUT2D eigenvalue weighted by molar-refractivity contribution is 6.03. The molecule has 3 aromatic carbocycles. The average molecular weight is 456 g/mol. The van der Waals surface area contributed by atoms with Gasteiger partial charge in [-0.15, -0.1) is 0 Å². The highest BCUT2D eigenvalue weighted by atomic mass is 16.6. The summed E-state index contributed by atoms with van der Waals surface area (Å²) in [5.41, 5.74) is 1.64. The van der Waals surface area contributed by atoms with Crippen LogP contribution in [-0.4, -0.2) is 40.8 Å². The maximum absolute atomic E-state index is 13.2. The molecule has 3 atom stereocenters. The van der Waals surface area contributed by atoms with Crippen LogP contribution in [0.25, 0.3) is 0 Å². The Morgan fingerprint density at radius 2 is 1.76 bits per heavy atom. The van der Waals surface area contributed by atoms with Crippen LogP contribution < -0.4 is 4.74 Å². The number of carbonyl (C=O) groups excluding carboxylic acids is 1. The van der Waals surface area contributed by atoms with E-state index >= 15 is 0 Å². The lowest BCUT2D eigenvalue weighted by molar-refractivity contribution is -0.385. The lowest BCUT2D eigenvalue weighted by atomic mass is 9.86. The van der Waals surface area contributed by atoms with E-state index in [4.69, 9.17) is 10.00 Å². The summed E-state index contributed by atoms with van der Waals surface area (Å²) in [5, 5.41) is 20.5. The second-order valence-electron chi connectivity index (χ2n) is 8.41.